The Morgan fingerprint density at radius 1 is 1.07 bits per heavy atom. The van der Waals surface area contributed by atoms with Crippen LogP contribution in [0.3, 0.4) is 0 Å². The zero-order chi connectivity index (χ0) is 20.8. The molecule has 0 radical (unpaired) electrons. The number of esters is 1. The second-order valence-corrected chi connectivity index (χ2v) is 8.15. The zero-order valence-corrected chi connectivity index (χ0v) is 17.6. The van der Waals surface area contributed by atoms with Gasteiger partial charge in [-0.3, -0.25) is 0 Å². The first-order chi connectivity index (χ1) is 14.0. The number of ether oxygens (including phenoxy) is 2. The minimum atomic E-state index is -0.611. The van der Waals surface area contributed by atoms with Crippen molar-refractivity contribution in [2.45, 2.75) is 84.0 Å². The highest BCUT2D eigenvalue weighted by Crippen LogP contribution is 2.34. The van der Waals surface area contributed by atoms with Crippen LogP contribution in [0.4, 0.5) is 4.79 Å². The van der Waals surface area contributed by atoms with Crippen LogP contribution >= 0.6 is 0 Å². The van der Waals surface area contributed by atoms with Gasteiger partial charge in [-0.1, -0.05) is 37.5 Å². The van der Waals surface area contributed by atoms with Crippen molar-refractivity contribution in [1.82, 2.24) is 10.6 Å². The van der Waals surface area contributed by atoms with Crippen molar-refractivity contribution in [3.05, 3.63) is 41.1 Å². The van der Waals surface area contributed by atoms with Crippen LogP contribution < -0.4 is 15.4 Å². The van der Waals surface area contributed by atoms with Gasteiger partial charge in [-0.25, -0.2) is 9.59 Å². The molecule has 0 aromatic heterocycles. The maximum atomic E-state index is 13.2. The van der Waals surface area contributed by atoms with E-state index in [2.05, 4.69) is 10.6 Å². The summed E-state index contributed by atoms with van der Waals surface area (Å²) in [4.78, 5) is 25.4. The molecule has 0 bridgehead atoms. The maximum absolute atomic E-state index is 13.2. The van der Waals surface area contributed by atoms with Gasteiger partial charge in [-0.2, -0.15) is 0 Å². The smallest absolute Gasteiger partial charge is 0.338 e. The summed E-state index contributed by atoms with van der Waals surface area (Å²) in [7, 11) is 0. The van der Waals surface area contributed by atoms with Crippen LogP contribution in [0, 0.1) is 0 Å². The highest BCUT2D eigenvalue weighted by Gasteiger charge is 2.35. The molecule has 0 spiro atoms. The van der Waals surface area contributed by atoms with Crippen molar-refractivity contribution in [2.24, 2.45) is 0 Å². The van der Waals surface area contributed by atoms with Crippen LogP contribution in [-0.2, 0) is 9.53 Å². The van der Waals surface area contributed by atoms with Gasteiger partial charge in [0.1, 0.15) is 11.9 Å². The van der Waals surface area contributed by atoms with E-state index >= 15 is 0 Å². The Kier molecular flexibility index (Phi) is 7.18. The SMILES string of the molecule is CC1=C(C(=O)OC2CCCCCCC2)[C@@H](c2ccccc2OC(C)C)NC(=O)N1. The molecule has 2 aliphatic rings. The molecule has 1 fully saturated rings. The van der Waals surface area contributed by atoms with Crippen LogP contribution in [0.1, 0.15) is 77.3 Å². The third-order valence-electron chi connectivity index (χ3n) is 5.41. The number of urea groups is 1. The highest BCUT2D eigenvalue weighted by molar-refractivity contribution is 5.95. The van der Waals surface area contributed by atoms with Gasteiger partial charge in [0.25, 0.3) is 0 Å². The largest absolute Gasteiger partial charge is 0.491 e. The first-order valence-electron chi connectivity index (χ1n) is 10.7. The first kappa shape index (κ1) is 21.2. The Morgan fingerprint density at radius 3 is 2.41 bits per heavy atom. The van der Waals surface area contributed by atoms with Crippen molar-refractivity contribution in [2.75, 3.05) is 0 Å². The van der Waals surface area contributed by atoms with Gasteiger partial charge in [-0.05, 0) is 52.5 Å². The minimum absolute atomic E-state index is 0.0241. The standard InChI is InChI=1S/C23H32N2O4/c1-15(2)28-19-14-10-9-13-18(19)21-20(16(3)24-23(27)25-21)22(26)29-17-11-7-5-4-6-8-12-17/h9-10,13-15,17,21H,4-8,11-12H2,1-3H3,(H2,24,25,27)/t21-/m1/s1. The third kappa shape index (κ3) is 5.52. The van der Waals surface area contributed by atoms with E-state index in [0.717, 1.165) is 31.2 Å². The molecular weight excluding hydrogens is 368 g/mol. The topological polar surface area (TPSA) is 76.7 Å². The Labute approximate surface area is 173 Å². The normalized spacial score (nSPS) is 21.1. The van der Waals surface area contributed by atoms with E-state index in [4.69, 9.17) is 9.47 Å². The van der Waals surface area contributed by atoms with Gasteiger partial charge in [-0.15, -0.1) is 0 Å². The van der Waals surface area contributed by atoms with Gasteiger partial charge in [0, 0.05) is 11.3 Å². The summed E-state index contributed by atoms with van der Waals surface area (Å²) in [6, 6.07) is 6.55. The van der Waals surface area contributed by atoms with Gasteiger partial charge >= 0.3 is 12.0 Å². The summed E-state index contributed by atoms with van der Waals surface area (Å²) >= 11 is 0. The molecule has 3 rings (SSSR count). The van der Waals surface area contributed by atoms with Gasteiger partial charge in [0.2, 0.25) is 0 Å². The summed E-state index contributed by atoms with van der Waals surface area (Å²) in [5, 5.41) is 5.60. The number of hydrogen-bond donors (Lipinski definition) is 2. The van der Waals surface area contributed by atoms with Crippen molar-refractivity contribution in [3.63, 3.8) is 0 Å². The maximum Gasteiger partial charge on any atom is 0.338 e. The third-order valence-corrected chi connectivity index (χ3v) is 5.41. The van der Waals surface area contributed by atoms with E-state index in [1.54, 1.807) is 6.92 Å². The second kappa shape index (κ2) is 9.81. The summed E-state index contributed by atoms with van der Waals surface area (Å²) in [6.07, 6.45) is 7.51. The summed E-state index contributed by atoms with van der Waals surface area (Å²) in [6.45, 7) is 5.64. The molecule has 1 aromatic carbocycles. The van der Waals surface area contributed by atoms with E-state index in [1.807, 2.05) is 38.1 Å². The lowest BCUT2D eigenvalue weighted by Crippen LogP contribution is -2.45. The molecular formula is C23H32N2O4. The van der Waals surface area contributed by atoms with Crippen LogP contribution in [0.15, 0.2) is 35.5 Å². The lowest BCUT2D eigenvalue weighted by atomic mass is 9.94. The molecule has 1 atom stereocenters. The van der Waals surface area contributed by atoms with Crippen LogP contribution in [0.25, 0.3) is 0 Å². The number of carbonyl (C=O) groups is 2. The van der Waals surface area contributed by atoms with E-state index in [0.29, 0.717) is 17.0 Å². The number of para-hydroxylation sites is 1. The Morgan fingerprint density at radius 2 is 1.72 bits per heavy atom. The molecule has 6 nitrogen and oxygen atoms in total. The molecule has 2 N–H and O–H groups in total. The van der Waals surface area contributed by atoms with E-state index < -0.39 is 6.04 Å². The van der Waals surface area contributed by atoms with Crippen molar-refractivity contribution >= 4 is 12.0 Å². The second-order valence-electron chi connectivity index (χ2n) is 8.15. The average molecular weight is 401 g/mol. The summed E-state index contributed by atoms with van der Waals surface area (Å²) in [5.74, 6) is 0.281. The fourth-order valence-corrected chi connectivity index (χ4v) is 4.03. The highest BCUT2D eigenvalue weighted by atomic mass is 16.5. The van der Waals surface area contributed by atoms with Crippen molar-refractivity contribution in [3.8, 4) is 5.75 Å². The number of allylic oxidation sites excluding steroid dienone is 1. The number of nitrogens with one attached hydrogen (secondary N) is 2. The quantitative estimate of drug-likeness (QED) is 0.699. The molecule has 0 unspecified atom stereocenters. The lowest BCUT2D eigenvalue weighted by molar-refractivity contribution is -0.145. The fraction of sp³-hybridized carbons (Fsp3) is 0.565. The van der Waals surface area contributed by atoms with Gasteiger partial charge < -0.3 is 20.1 Å². The van der Waals surface area contributed by atoms with E-state index in [1.165, 1.54) is 19.3 Å². The average Bonchev–Trinajstić information content (AvgIpc) is 2.63. The number of amides is 2. The molecule has 29 heavy (non-hydrogen) atoms. The number of hydrogen-bond acceptors (Lipinski definition) is 4. The molecule has 158 valence electrons. The lowest BCUT2D eigenvalue weighted by Gasteiger charge is -2.30. The minimum Gasteiger partial charge on any atom is -0.491 e. The predicted molar refractivity (Wildman–Crippen MR) is 112 cm³/mol. The van der Waals surface area contributed by atoms with E-state index in [-0.39, 0.29) is 24.2 Å². The molecule has 1 aliphatic carbocycles. The summed E-state index contributed by atoms with van der Waals surface area (Å²) < 4.78 is 11.8. The van der Waals surface area contributed by atoms with Crippen LogP contribution in [-0.4, -0.2) is 24.2 Å². The first-order valence-corrected chi connectivity index (χ1v) is 10.7. The molecule has 1 aliphatic heterocycles. The monoisotopic (exact) mass is 400 g/mol. The van der Waals surface area contributed by atoms with Crippen molar-refractivity contribution < 1.29 is 19.1 Å². The Balaban J connectivity index is 1.87. The van der Waals surface area contributed by atoms with E-state index in [9.17, 15) is 9.59 Å². The zero-order valence-electron chi connectivity index (χ0n) is 17.6. The Hall–Kier alpha value is -2.50. The number of rotatable bonds is 5. The number of carbonyl (C=O) groups excluding carboxylic acids is 2. The molecule has 0 saturated heterocycles. The van der Waals surface area contributed by atoms with Crippen LogP contribution in [0.5, 0.6) is 5.75 Å². The molecule has 1 aromatic rings. The molecule has 1 heterocycles. The molecule has 2 amide bonds. The van der Waals surface area contributed by atoms with Crippen LogP contribution in [0.2, 0.25) is 0 Å². The molecule has 6 heteroatoms. The van der Waals surface area contributed by atoms with Gasteiger partial charge in [0.15, 0.2) is 0 Å². The summed E-state index contributed by atoms with van der Waals surface area (Å²) in [5.41, 5.74) is 1.71. The van der Waals surface area contributed by atoms with Crippen molar-refractivity contribution in [1.29, 1.82) is 0 Å². The Bertz CT molecular complexity index is 764. The number of benzene rings is 1. The van der Waals surface area contributed by atoms with Gasteiger partial charge in [0.05, 0.1) is 17.7 Å². The molecule has 1 saturated carbocycles. The fourth-order valence-electron chi connectivity index (χ4n) is 4.03. The predicted octanol–water partition coefficient (Wildman–Crippen LogP) is 4.76.